The molecule has 6 rings (SSSR count). The Morgan fingerprint density at radius 3 is 2.55 bits per heavy atom. The van der Waals surface area contributed by atoms with Gasteiger partial charge < -0.3 is 4.74 Å². The second kappa shape index (κ2) is 11.4. The van der Waals surface area contributed by atoms with Gasteiger partial charge in [0.25, 0.3) is 0 Å². The predicted octanol–water partition coefficient (Wildman–Crippen LogP) is 7.65. The second-order valence-electron chi connectivity index (χ2n) is 10.9. The normalized spacial score (nSPS) is 20.2. The van der Waals surface area contributed by atoms with E-state index in [9.17, 15) is 19.2 Å². The monoisotopic (exact) mass is 664 g/mol. The van der Waals surface area contributed by atoms with Crippen molar-refractivity contribution in [2.75, 3.05) is 11.5 Å². The highest BCUT2D eigenvalue weighted by Crippen LogP contribution is 2.42. The lowest BCUT2D eigenvalue weighted by molar-refractivity contribution is -0.122. The number of hydrogen-bond acceptors (Lipinski definition) is 7. The number of halogens is 2. The predicted molar refractivity (Wildman–Crippen MR) is 166 cm³/mol. The number of fused-ring (bicyclic) bond motifs is 2. The number of aryl methyl sites for hydroxylation is 1. The molecular formula is C32H26BrClN2O5S. The quantitative estimate of drug-likeness (QED) is 0.119. The van der Waals surface area contributed by atoms with E-state index < -0.39 is 5.97 Å². The smallest absolute Gasteiger partial charge is 0.339 e. The number of imide groups is 1. The van der Waals surface area contributed by atoms with Crippen LogP contribution in [0.3, 0.4) is 0 Å². The largest absolute Gasteiger partial charge is 0.454 e. The number of ether oxygens (including phenoxy) is 1. The van der Waals surface area contributed by atoms with E-state index in [1.165, 1.54) is 16.2 Å². The van der Waals surface area contributed by atoms with Gasteiger partial charge >= 0.3 is 5.97 Å². The van der Waals surface area contributed by atoms with Crippen molar-refractivity contribution >= 4 is 79.0 Å². The van der Waals surface area contributed by atoms with E-state index in [4.69, 9.17) is 21.3 Å². The number of aromatic nitrogens is 1. The molecule has 3 unspecified atom stereocenters. The number of thiophene rings is 1. The van der Waals surface area contributed by atoms with Crippen molar-refractivity contribution in [2.45, 2.75) is 33.1 Å². The van der Waals surface area contributed by atoms with Crippen LogP contribution in [0.15, 0.2) is 58.4 Å². The molecule has 1 saturated carbocycles. The Bertz CT molecular complexity index is 1760. The van der Waals surface area contributed by atoms with Crippen LogP contribution in [0.5, 0.6) is 0 Å². The van der Waals surface area contributed by atoms with E-state index in [0.717, 1.165) is 19.3 Å². The summed E-state index contributed by atoms with van der Waals surface area (Å²) in [6.07, 6.45) is 2.43. The summed E-state index contributed by atoms with van der Waals surface area (Å²) in [5.74, 6) is -1.29. The van der Waals surface area contributed by atoms with Crippen molar-refractivity contribution in [1.82, 2.24) is 4.98 Å². The van der Waals surface area contributed by atoms with Crippen LogP contribution in [-0.2, 0) is 14.3 Å². The molecule has 0 N–H and O–H groups in total. The molecule has 1 aliphatic heterocycles. The number of Topliss-reactive ketones (excluding diaryl/α,β-unsaturated/α-hetero) is 1. The number of esters is 1. The number of ketones is 1. The molecule has 2 aliphatic rings. The van der Waals surface area contributed by atoms with Gasteiger partial charge in [0, 0.05) is 15.4 Å². The maximum atomic E-state index is 13.3. The molecule has 2 fully saturated rings. The number of benzene rings is 2. The Hall–Kier alpha value is -3.40. The lowest BCUT2D eigenvalue weighted by Gasteiger charge is -2.25. The first-order valence-electron chi connectivity index (χ1n) is 13.7. The molecule has 7 nitrogen and oxygen atoms in total. The number of carbonyl (C=O) groups is 4. The number of anilines is 1. The Morgan fingerprint density at radius 2 is 1.83 bits per heavy atom. The SMILES string of the molecule is Cc1c(Cl)c(Br)cc2c(C(=O)OCC(=O)c3cccs3)cc(-c3ccc(N4C(=O)C5CCC(C)CC5C4=O)cc3)nc12. The summed E-state index contributed by atoms with van der Waals surface area (Å²) in [7, 11) is 0. The van der Waals surface area contributed by atoms with Crippen molar-refractivity contribution in [3.63, 3.8) is 0 Å². The molecule has 2 amide bonds. The van der Waals surface area contributed by atoms with Gasteiger partial charge in [0.05, 0.1) is 44.2 Å². The van der Waals surface area contributed by atoms with Crippen LogP contribution < -0.4 is 4.90 Å². The third-order valence-corrected chi connectivity index (χ3v) is 10.4. The molecule has 10 heteroatoms. The highest BCUT2D eigenvalue weighted by atomic mass is 79.9. The minimum Gasteiger partial charge on any atom is -0.454 e. The van der Waals surface area contributed by atoms with Crippen molar-refractivity contribution in [2.24, 2.45) is 17.8 Å². The molecule has 2 aromatic heterocycles. The highest BCUT2D eigenvalue weighted by Gasteiger charge is 2.49. The van der Waals surface area contributed by atoms with Gasteiger partial charge in [0.2, 0.25) is 17.6 Å². The number of hydrogen-bond donors (Lipinski definition) is 0. The van der Waals surface area contributed by atoms with Crippen LogP contribution in [0.2, 0.25) is 5.02 Å². The highest BCUT2D eigenvalue weighted by molar-refractivity contribution is 9.10. The van der Waals surface area contributed by atoms with Crippen LogP contribution >= 0.6 is 38.9 Å². The average Bonchev–Trinajstić information content (AvgIpc) is 3.61. The summed E-state index contributed by atoms with van der Waals surface area (Å²) in [6, 6.07) is 13.8. The van der Waals surface area contributed by atoms with Crippen molar-refractivity contribution in [3.05, 3.63) is 79.4 Å². The minimum absolute atomic E-state index is 0.133. The van der Waals surface area contributed by atoms with E-state index >= 15 is 0 Å². The van der Waals surface area contributed by atoms with Gasteiger partial charge in [-0.2, -0.15) is 0 Å². The zero-order chi connectivity index (χ0) is 29.7. The summed E-state index contributed by atoms with van der Waals surface area (Å²) in [5.41, 5.74) is 3.10. The zero-order valence-corrected chi connectivity index (χ0v) is 26.0. The third kappa shape index (κ3) is 5.08. The summed E-state index contributed by atoms with van der Waals surface area (Å²) in [6.45, 7) is 3.55. The maximum Gasteiger partial charge on any atom is 0.339 e. The molecule has 3 heterocycles. The Morgan fingerprint density at radius 1 is 1.10 bits per heavy atom. The lowest BCUT2D eigenvalue weighted by Crippen LogP contribution is -2.30. The van der Waals surface area contributed by atoms with Crippen LogP contribution in [0.1, 0.15) is 51.8 Å². The molecule has 0 bridgehead atoms. The molecule has 0 spiro atoms. The van der Waals surface area contributed by atoms with E-state index in [0.29, 0.717) is 53.7 Å². The molecule has 1 saturated heterocycles. The Labute approximate surface area is 260 Å². The van der Waals surface area contributed by atoms with Gasteiger partial charge in [-0.25, -0.2) is 9.78 Å². The first-order valence-corrected chi connectivity index (χ1v) is 15.7. The topological polar surface area (TPSA) is 93.6 Å². The summed E-state index contributed by atoms with van der Waals surface area (Å²) >= 11 is 11.3. The van der Waals surface area contributed by atoms with Crippen LogP contribution in [-0.4, -0.2) is 35.2 Å². The molecule has 42 heavy (non-hydrogen) atoms. The number of amides is 2. The summed E-state index contributed by atoms with van der Waals surface area (Å²) in [5, 5.41) is 2.79. The van der Waals surface area contributed by atoms with E-state index in [1.54, 1.807) is 53.9 Å². The van der Waals surface area contributed by atoms with Crippen LogP contribution in [0, 0.1) is 24.7 Å². The van der Waals surface area contributed by atoms with Gasteiger partial charge in [-0.3, -0.25) is 19.3 Å². The Kier molecular flexibility index (Phi) is 7.76. The molecule has 3 atom stereocenters. The molecular weight excluding hydrogens is 640 g/mol. The molecule has 2 aromatic carbocycles. The van der Waals surface area contributed by atoms with Crippen molar-refractivity contribution in [3.8, 4) is 11.3 Å². The summed E-state index contributed by atoms with van der Waals surface area (Å²) < 4.78 is 6.05. The molecule has 1 aliphatic carbocycles. The van der Waals surface area contributed by atoms with E-state index in [2.05, 4.69) is 22.9 Å². The van der Waals surface area contributed by atoms with Crippen LogP contribution in [0.25, 0.3) is 22.2 Å². The van der Waals surface area contributed by atoms with Gasteiger partial charge in [-0.05, 0) is 89.3 Å². The Balaban J connectivity index is 1.34. The fourth-order valence-corrected chi connectivity index (χ4v) is 7.24. The molecule has 214 valence electrons. The third-order valence-electron chi connectivity index (χ3n) is 8.18. The lowest BCUT2D eigenvalue weighted by atomic mass is 9.76. The maximum absolute atomic E-state index is 13.3. The number of pyridine rings is 1. The standard InChI is InChI=1S/C32H26BrClN2O5S/c1-16-5-10-20-22(12-16)31(39)36(30(20)38)19-8-6-18(7-9-19)25-14-23(21-13-24(33)28(34)17(2)29(21)35-25)32(40)41-15-26(37)27-4-3-11-42-27/h3-4,6-9,11,13-14,16,20,22H,5,10,12,15H2,1-2H3. The van der Waals surface area contributed by atoms with E-state index in [-0.39, 0.29) is 41.6 Å². The first-order chi connectivity index (χ1) is 20.1. The average molecular weight is 666 g/mol. The fraction of sp³-hybridized carbons (Fsp3) is 0.281. The summed E-state index contributed by atoms with van der Waals surface area (Å²) in [4.78, 5) is 58.8. The first kappa shape index (κ1) is 28.7. The molecule has 0 radical (unpaired) electrons. The zero-order valence-electron chi connectivity index (χ0n) is 22.9. The fourth-order valence-electron chi connectivity index (χ4n) is 5.92. The minimum atomic E-state index is -0.663. The van der Waals surface area contributed by atoms with Gasteiger partial charge in [0.15, 0.2) is 6.61 Å². The molecule has 4 aromatic rings. The second-order valence-corrected chi connectivity index (χ2v) is 13.1. The van der Waals surface area contributed by atoms with Crippen LogP contribution in [0.4, 0.5) is 5.69 Å². The van der Waals surface area contributed by atoms with Gasteiger partial charge in [-0.15, -0.1) is 11.3 Å². The van der Waals surface area contributed by atoms with Crippen molar-refractivity contribution < 1.29 is 23.9 Å². The number of nitrogens with zero attached hydrogens (tertiary/aromatic N) is 2. The van der Waals surface area contributed by atoms with Gasteiger partial charge in [-0.1, -0.05) is 36.7 Å². The van der Waals surface area contributed by atoms with Crippen molar-refractivity contribution in [1.29, 1.82) is 0 Å². The van der Waals surface area contributed by atoms with E-state index in [1.807, 2.05) is 6.92 Å². The van der Waals surface area contributed by atoms with Gasteiger partial charge in [0.1, 0.15) is 0 Å². The number of carbonyl (C=O) groups excluding carboxylic acids is 4. The number of rotatable bonds is 6.